The van der Waals surface area contributed by atoms with Crippen LogP contribution in [-0.4, -0.2) is 46.0 Å². The number of imidazole rings is 1. The highest BCUT2D eigenvalue weighted by Gasteiger charge is 2.28. The van der Waals surface area contributed by atoms with Crippen molar-refractivity contribution in [3.05, 3.63) is 72.1 Å². The van der Waals surface area contributed by atoms with Gasteiger partial charge in [-0.15, -0.1) is 0 Å². The van der Waals surface area contributed by atoms with Gasteiger partial charge in [-0.3, -0.25) is 9.59 Å². The molecule has 34 heavy (non-hydrogen) atoms. The first-order valence-electron chi connectivity index (χ1n) is 11.5. The molecule has 2 atom stereocenters. The molecule has 0 aliphatic carbocycles. The molecule has 2 amide bonds. The van der Waals surface area contributed by atoms with E-state index in [1.165, 1.54) is 0 Å². The van der Waals surface area contributed by atoms with Crippen molar-refractivity contribution in [2.24, 2.45) is 5.92 Å². The third kappa shape index (κ3) is 6.28. The lowest BCUT2D eigenvalue weighted by molar-refractivity contribution is -0.131. The molecule has 1 aromatic heterocycles. The first kappa shape index (κ1) is 23.2. The molecular weight excluding hydrogens is 432 g/mol. The van der Waals surface area contributed by atoms with Gasteiger partial charge in [0.15, 0.2) is 5.95 Å². The summed E-state index contributed by atoms with van der Waals surface area (Å²) in [5, 5.41) is 21.8. The van der Waals surface area contributed by atoms with Crippen LogP contribution in [-0.2, 0) is 22.6 Å². The predicted octanol–water partition coefficient (Wildman–Crippen LogP) is 2.39. The normalized spacial score (nSPS) is 15.5. The minimum Gasteiger partial charge on any atom is -0.508 e. The second-order valence-electron chi connectivity index (χ2n) is 8.39. The molecule has 0 bridgehead atoms. The van der Waals surface area contributed by atoms with Crippen molar-refractivity contribution in [3.63, 3.8) is 0 Å². The highest BCUT2D eigenvalue weighted by Crippen LogP contribution is 2.24. The maximum Gasteiger partial charge on any atom is 0.242 e. The number of aromatic amines is 1. The standard InChI is InChI=1S/C25H30N6O3/c32-20-9-7-17(8-10-20)15-30-24(34)22(6-3-11-26-25-27-12-13-28-25)31-23(33)19-14-18-4-1-2-5-21(18)29-16-19/h1-2,4-5,7-10,12-13,19,22,29,32H,3,6,11,14-16H2,(H,30,34)(H,31,33)(H2,26,27,28)/t19-,22+/m0/s1. The number of aromatic nitrogens is 2. The summed E-state index contributed by atoms with van der Waals surface area (Å²) in [6, 6.07) is 14.0. The summed E-state index contributed by atoms with van der Waals surface area (Å²) < 4.78 is 0. The van der Waals surface area contributed by atoms with Gasteiger partial charge < -0.3 is 31.4 Å². The number of hydrogen-bond acceptors (Lipinski definition) is 6. The number of rotatable bonds is 10. The molecule has 3 aromatic rings. The number of carbonyl (C=O) groups excluding carboxylic acids is 2. The topological polar surface area (TPSA) is 131 Å². The van der Waals surface area contributed by atoms with Crippen LogP contribution in [0.2, 0.25) is 0 Å². The number of phenols is 1. The summed E-state index contributed by atoms with van der Waals surface area (Å²) in [4.78, 5) is 33.2. The number of phenolic OH excluding ortho intramolecular Hbond substituents is 1. The molecule has 0 spiro atoms. The monoisotopic (exact) mass is 462 g/mol. The van der Waals surface area contributed by atoms with Gasteiger partial charge in [0, 0.05) is 37.7 Å². The third-order valence-electron chi connectivity index (χ3n) is 5.89. The Labute approximate surface area is 198 Å². The summed E-state index contributed by atoms with van der Waals surface area (Å²) in [7, 11) is 0. The summed E-state index contributed by atoms with van der Waals surface area (Å²) in [6.45, 7) is 1.46. The zero-order valence-corrected chi connectivity index (χ0v) is 18.9. The quantitative estimate of drug-likeness (QED) is 0.257. The average Bonchev–Trinajstić information content (AvgIpc) is 3.38. The van der Waals surface area contributed by atoms with E-state index in [1.54, 1.807) is 36.7 Å². The molecule has 0 radical (unpaired) electrons. The zero-order valence-electron chi connectivity index (χ0n) is 18.9. The van der Waals surface area contributed by atoms with Gasteiger partial charge in [-0.1, -0.05) is 30.3 Å². The van der Waals surface area contributed by atoms with Crippen LogP contribution in [0, 0.1) is 5.92 Å². The summed E-state index contributed by atoms with van der Waals surface area (Å²) in [5.41, 5.74) is 3.02. The minimum absolute atomic E-state index is 0.134. The van der Waals surface area contributed by atoms with Crippen LogP contribution < -0.4 is 21.3 Å². The van der Waals surface area contributed by atoms with Crippen molar-refractivity contribution in [1.82, 2.24) is 20.6 Å². The van der Waals surface area contributed by atoms with Crippen molar-refractivity contribution in [2.75, 3.05) is 23.7 Å². The third-order valence-corrected chi connectivity index (χ3v) is 5.89. The Kier molecular flexibility index (Phi) is 7.64. The molecule has 2 aromatic carbocycles. The SMILES string of the molecule is O=C(N[C@H](CCCNc1ncc[nH]1)C(=O)NCc1ccc(O)cc1)[C@@H]1CNc2ccccc2C1. The lowest BCUT2D eigenvalue weighted by Crippen LogP contribution is -2.50. The number of hydrogen-bond donors (Lipinski definition) is 6. The maximum atomic E-state index is 13.1. The van der Waals surface area contributed by atoms with E-state index < -0.39 is 6.04 Å². The predicted molar refractivity (Wildman–Crippen MR) is 130 cm³/mol. The van der Waals surface area contributed by atoms with Gasteiger partial charge in [0.1, 0.15) is 11.8 Å². The molecule has 0 saturated carbocycles. The second-order valence-corrected chi connectivity index (χ2v) is 8.39. The molecule has 9 heteroatoms. The second kappa shape index (κ2) is 11.2. The molecule has 1 aliphatic rings. The summed E-state index contributed by atoms with van der Waals surface area (Å²) in [6.07, 6.45) is 5.19. The lowest BCUT2D eigenvalue weighted by atomic mass is 9.93. The van der Waals surface area contributed by atoms with E-state index in [2.05, 4.69) is 31.2 Å². The molecule has 9 nitrogen and oxygen atoms in total. The van der Waals surface area contributed by atoms with Crippen molar-refractivity contribution in [3.8, 4) is 5.75 Å². The van der Waals surface area contributed by atoms with E-state index in [1.807, 2.05) is 24.3 Å². The summed E-state index contributed by atoms with van der Waals surface area (Å²) in [5.74, 6) is 0.231. The maximum absolute atomic E-state index is 13.1. The first-order valence-corrected chi connectivity index (χ1v) is 11.5. The van der Waals surface area contributed by atoms with Crippen molar-refractivity contribution in [2.45, 2.75) is 31.8 Å². The molecule has 0 unspecified atom stereocenters. The Morgan fingerprint density at radius 2 is 1.97 bits per heavy atom. The smallest absolute Gasteiger partial charge is 0.242 e. The number of fused-ring (bicyclic) bond motifs is 1. The summed E-state index contributed by atoms with van der Waals surface area (Å²) >= 11 is 0. The van der Waals surface area contributed by atoms with Gasteiger partial charge in [-0.05, 0) is 48.6 Å². The van der Waals surface area contributed by atoms with Crippen molar-refractivity contribution < 1.29 is 14.7 Å². The number of anilines is 2. The van der Waals surface area contributed by atoms with Gasteiger partial charge in [0.25, 0.3) is 0 Å². The first-order chi connectivity index (χ1) is 16.6. The molecule has 1 aliphatic heterocycles. The van der Waals surface area contributed by atoms with E-state index in [9.17, 15) is 14.7 Å². The van der Waals surface area contributed by atoms with E-state index in [0.717, 1.165) is 16.8 Å². The molecule has 6 N–H and O–H groups in total. The van der Waals surface area contributed by atoms with E-state index in [4.69, 9.17) is 0 Å². The lowest BCUT2D eigenvalue weighted by Gasteiger charge is -2.27. The van der Waals surface area contributed by atoms with Crippen molar-refractivity contribution >= 4 is 23.5 Å². The van der Waals surface area contributed by atoms with Gasteiger partial charge in [-0.25, -0.2) is 4.98 Å². The molecule has 0 saturated heterocycles. The largest absolute Gasteiger partial charge is 0.508 e. The molecule has 2 heterocycles. The van der Waals surface area contributed by atoms with Gasteiger partial charge in [0.05, 0.1) is 5.92 Å². The van der Waals surface area contributed by atoms with Crippen LogP contribution in [0.1, 0.15) is 24.0 Å². The van der Waals surface area contributed by atoms with E-state index in [0.29, 0.717) is 44.8 Å². The fourth-order valence-electron chi connectivity index (χ4n) is 3.99. The Morgan fingerprint density at radius 3 is 2.76 bits per heavy atom. The zero-order chi connectivity index (χ0) is 23.8. The van der Waals surface area contributed by atoms with Crippen LogP contribution in [0.5, 0.6) is 5.75 Å². The van der Waals surface area contributed by atoms with Crippen LogP contribution >= 0.6 is 0 Å². The van der Waals surface area contributed by atoms with Crippen LogP contribution in [0.25, 0.3) is 0 Å². The fourth-order valence-corrected chi connectivity index (χ4v) is 3.99. The van der Waals surface area contributed by atoms with Gasteiger partial charge >= 0.3 is 0 Å². The van der Waals surface area contributed by atoms with E-state index >= 15 is 0 Å². The average molecular weight is 463 g/mol. The Hall–Kier alpha value is -4.01. The number of H-pyrrole nitrogens is 1. The van der Waals surface area contributed by atoms with Crippen LogP contribution in [0.15, 0.2) is 60.9 Å². The Morgan fingerprint density at radius 1 is 1.15 bits per heavy atom. The van der Waals surface area contributed by atoms with Gasteiger partial charge in [-0.2, -0.15) is 0 Å². The van der Waals surface area contributed by atoms with Crippen LogP contribution in [0.3, 0.4) is 0 Å². The number of nitrogens with one attached hydrogen (secondary N) is 5. The number of amides is 2. The fraction of sp³-hybridized carbons (Fsp3) is 0.320. The molecule has 0 fully saturated rings. The van der Waals surface area contributed by atoms with E-state index in [-0.39, 0.29) is 23.5 Å². The molecule has 178 valence electrons. The van der Waals surface area contributed by atoms with Crippen LogP contribution in [0.4, 0.5) is 11.6 Å². The van der Waals surface area contributed by atoms with Crippen molar-refractivity contribution in [1.29, 1.82) is 0 Å². The number of nitrogens with zero attached hydrogens (tertiary/aromatic N) is 1. The highest BCUT2D eigenvalue weighted by molar-refractivity contribution is 5.89. The van der Waals surface area contributed by atoms with Gasteiger partial charge in [0.2, 0.25) is 11.8 Å². The highest BCUT2D eigenvalue weighted by atomic mass is 16.3. The number of carbonyl (C=O) groups is 2. The number of benzene rings is 2. The Balaban J connectivity index is 1.34. The minimum atomic E-state index is -0.653. The molecular formula is C25H30N6O3. The Bertz CT molecular complexity index is 1080. The number of aromatic hydroxyl groups is 1. The number of para-hydroxylation sites is 1. The molecule has 4 rings (SSSR count).